The van der Waals surface area contributed by atoms with Gasteiger partial charge in [0.15, 0.2) is 11.5 Å². The highest BCUT2D eigenvalue weighted by atomic mass is 16.5. The molecule has 3 rings (SSSR count). The number of nitrogens with one attached hydrogen (secondary N) is 1. The predicted molar refractivity (Wildman–Crippen MR) is 105 cm³/mol. The van der Waals surface area contributed by atoms with Crippen molar-refractivity contribution in [2.75, 3.05) is 28.4 Å². The number of nitriles is 1. The second kappa shape index (κ2) is 8.13. The summed E-state index contributed by atoms with van der Waals surface area (Å²) in [5.74, 6) is -0.442. The molecule has 9 heteroatoms. The van der Waals surface area contributed by atoms with E-state index < -0.39 is 23.8 Å². The molecule has 0 fully saturated rings. The first-order chi connectivity index (χ1) is 14.4. The molecule has 1 N–H and O–H groups in total. The number of amides is 3. The number of hydrogen-bond donors (Lipinski definition) is 1. The number of methoxy groups -OCH3 is 3. The first kappa shape index (κ1) is 20.7. The number of carbonyl (C=O) groups is 3. The van der Waals surface area contributed by atoms with Gasteiger partial charge in [-0.2, -0.15) is 5.26 Å². The number of carbonyl (C=O) groups excluding carboxylic acids is 3. The summed E-state index contributed by atoms with van der Waals surface area (Å²) >= 11 is 0. The van der Waals surface area contributed by atoms with E-state index in [9.17, 15) is 19.6 Å². The van der Waals surface area contributed by atoms with E-state index in [1.807, 2.05) is 6.07 Å². The largest absolute Gasteiger partial charge is 0.493 e. The van der Waals surface area contributed by atoms with Crippen LogP contribution in [0.25, 0.3) is 0 Å². The number of benzene rings is 2. The van der Waals surface area contributed by atoms with Crippen LogP contribution in [0.15, 0.2) is 30.3 Å². The summed E-state index contributed by atoms with van der Waals surface area (Å²) in [6.45, 7) is 0. The van der Waals surface area contributed by atoms with Gasteiger partial charge >= 0.3 is 0 Å². The molecule has 0 aromatic heterocycles. The first-order valence-corrected chi connectivity index (χ1v) is 8.83. The summed E-state index contributed by atoms with van der Waals surface area (Å²) in [5.41, 5.74) is 0.961. The number of nitrogens with zero attached hydrogens (tertiary/aromatic N) is 2. The lowest BCUT2D eigenvalue weighted by Crippen LogP contribution is -2.28. The Balaban J connectivity index is 1.91. The molecule has 0 saturated heterocycles. The van der Waals surface area contributed by atoms with E-state index in [1.54, 1.807) is 12.1 Å². The molecule has 1 unspecified atom stereocenters. The molecule has 0 saturated carbocycles. The Morgan fingerprint density at radius 1 is 1.00 bits per heavy atom. The molecule has 0 radical (unpaired) electrons. The normalized spacial score (nSPS) is 13.4. The molecular formula is C21H19N3O6. The molecule has 1 heterocycles. The molecule has 0 aliphatic carbocycles. The smallest absolute Gasteiger partial charge is 0.261 e. The molecule has 1 aliphatic heterocycles. The molecule has 3 amide bonds. The van der Waals surface area contributed by atoms with E-state index in [1.165, 1.54) is 46.6 Å². The molecule has 0 spiro atoms. The third-order valence-electron chi connectivity index (χ3n) is 4.78. The van der Waals surface area contributed by atoms with E-state index in [-0.39, 0.29) is 16.7 Å². The molecule has 2 aromatic rings. The van der Waals surface area contributed by atoms with Crippen LogP contribution in [0.2, 0.25) is 0 Å². The zero-order chi connectivity index (χ0) is 22.0. The van der Waals surface area contributed by atoms with E-state index in [2.05, 4.69) is 5.32 Å². The van der Waals surface area contributed by atoms with E-state index in [0.717, 1.165) is 4.90 Å². The van der Waals surface area contributed by atoms with E-state index in [0.29, 0.717) is 22.8 Å². The molecule has 2 aromatic carbocycles. The standard InChI is InChI=1S/C21H19N3O6/c1-24-20(26)13-6-5-11(7-14(13)21(24)27)19(25)23-15(10-22)12-8-16(28-2)18(30-4)17(9-12)29-3/h5-9,15H,1-4H3,(H,23,25). The van der Waals surface area contributed by atoms with Gasteiger partial charge in [0.05, 0.1) is 38.5 Å². The van der Waals surface area contributed by atoms with Crippen molar-refractivity contribution in [3.05, 3.63) is 52.6 Å². The van der Waals surface area contributed by atoms with Crippen molar-refractivity contribution in [2.45, 2.75) is 6.04 Å². The minimum absolute atomic E-state index is 0.149. The summed E-state index contributed by atoms with van der Waals surface area (Å²) in [7, 11) is 5.73. The Kier molecular flexibility index (Phi) is 5.60. The number of imide groups is 1. The van der Waals surface area contributed by atoms with Crippen LogP contribution in [0.5, 0.6) is 17.2 Å². The van der Waals surface area contributed by atoms with Gasteiger partial charge in [0.1, 0.15) is 6.04 Å². The van der Waals surface area contributed by atoms with Crippen molar-refractivity contribution in [3.8, 4) is 23.3 Å². The topological polar surface area (TPSA) is 118 Å². The minimum Gasteiger partial charge on any atom is -0.493 e. The molecule has 9 nitrogen and oxygen atoms in total. The fourth-order valence-electron chi connectivity index (χ4n) is 3.18. The van der Waals surface area contributed by atoms with Gasteiger partial charge in [0, 0.05) is 12.6 Å². The SMILES string of the molecule is COc1cc(C(C#N)NC(=O)c2ccc3c(c2)C(=O)N(C)C3=O)cc(OC)c1OC. The maximum atomic E-state index is 12.7. The Hall–Kier alpha value is -4.06. The van der Waals surface area contributed by atoms with Crippen LogP contribution in [0.4, 0.5) is 0 Å². The zero-order valence-corrected chi connectivity index (χ0v) is 16.8. The third-order valence-corrected chi connectivity index (χ3v) is 4.78. The van der Waals surface area contributed by atoms with E-state index in [4.69, 9.17) is 14.2 Å². The number of ether oxygens (including phenoxy) is 3. The summed E-state index contributed by atoms with van der Waals surface area (Å²) in [6.07, 6.45) is 0. The Bertz CT molecular complexity index is 1060. The number of rotatable bonds is 6. The van der Waals surface area contributed by atoms with Crippen LogP contribution in [0.1, 0.15) is 42.7 Å². The highest BCUT2D eigenvalue weighted by Crippen LogP contribution is 2.39. The fraction of sp³-hybridized carbons (Fsp3) is 0.238. The Labute approximate surface area is 172 Å². The Morgan fingerprint density at radius 2 is 1.60 bits per heavy atom. The fourth-order valence-corrected chi connectivity index (χ4v) is 3.18. The molecule has 154 valence electrons. The second-order valence-electron chi connectivity index (χ2n) is 6.42. The highest BCUT2D eigenvalue weighted by Gasteiger charge is 2.33. The lowest BCUT2D eigenvalue weighted by Gasteiger charge is -2.17. The van der Waals surface area contributed by atoms with Gasteiger partial charge in [-0.15, -0.1) is 0 Å². The van der Waals surface area contributed by atoms with Gasteiger partial charge in [0.2, 0.25) is 5.75 Å². The molecule has 0 bridgehead atoms. The van der Waals surface area contributed by atoms with Crippen molar-refractivity contribution < 1.29 is 28.6 Å². The summed E-state index contributed by atoms with van der Waals surface area (Å²) in [4.78, 5) is 37.9. The second-order valence-corrected chi connectivity index (χ2v) is 6.42. The van der Waals surface area contributed by atoms with Gasteiger partial charge in [-0.3, -0.25) is 19.3 Å². The van der Waals surface area contributed by atoms with Crippen molar-refractivity contribution in [1.82, 2.24) is 10.2 Å². The lowest BCUT2D eigenvalue weighted by molar-refractivity contribution is 0.0693. The van der Waals surface area contributed by atoms with Gasteiger partial charge in [-0.25, -0.2) is 0 Å². The highest BCUT2D eigenvalue weighted by molar-refractivity contribution is 6.21. The minimum atomic E-state index is -1.03. The summed E-state index contributed by atoms with van der Waals surface area (Å²) in [6, 6.07) is 8.33. The molecule has 30 heavy (non-hydrogen) atoms. The lowest BCUT2D eigenvalue weighted by atomic mass is 10.0. The van der Waals surface area contributed by atoms with Crippen molar-refractivity contribution in [1.29, 1.82) is 5.26 Å². The summed E-state index contributed by atoms with van der Waals surface area (Å²) < 4.78 is 15.8. The summed E-state index contributed by atoms with van der Waals surface area (Å²) in [5, 5.41) is 12.2. The van der Waals surface area contributed by atoms with Crippen LogP contribution >= 0.6 is 0 Å². The molecule has 1 aliphatic rings. The monoisotopic (exact) mass is 409 g/mol. The van der Waals surface area contributed by atoms with Crippen LogP contribution in [-0.2, 0) is 0 Å². The third kappa shape index (κ3) is 3.39. The first-order valence-electron chi connectivity index (χ1n) is 8.83. The van der Waals surface area contributed by atoms with Crippen LogP contribution < -0.4 is 19.5 Å². The number of fused-ring (bicyclic) bond motifs is 1. The van der Waals surface area contributed by atoms with Crippen molar-refractivity contribution in [3.63, 3.8) is 0 Å². The Morgan fingerprint density at radius 3 is 2.13 bits per heavy atom. The number of hydrogen-bond acceptors (Lipinski definition) is 7. The maximum absolute atomic E-state index is 12.7. The van der Waals surface area contributed by atoms with Gasteiger partial charge in [0.25, 0.3) is 17.7 Å². The molecule has 1 atom stereocenters. The van der Waals surface area contributed by atoms with Crippen molar-refractivity contribution in [2.24, 2.45) is 0 Å². The van der Waals surface area contributed by atoms with Crippen molar-refractivity contribution >= 4 is 17.7 Å². The maximum Gasteiger partial charge on any atom is 0.261 e. The van der Waals surface area contributed by atoms with Crippen LogP contribution in [0, 0.1) is 11.3 Å². The van der Waals surface area contributed by atoms with Gasteiger partial charge < -0.3 is 19.5 Å². The van der Waals surface area contributed by atoms with E-state index >= 15 is 0 Å². The average Bonchev–Trinajstić information content (AvgIpc) is 2.99. The van der Waals surface area contributed by atoms with Gasteiger partial charge in [-0.1, -0.05) is 0 Å². The zero-order valence-electron chi connectivity index (χ0n) is 16.8. The van der Waals surface area contributed by atoms with Crippen LogP contribution in [0.3, 0.4) is 0 Å². The quantitative estimate of drug-likeness (QED) is 0.724. The molecular weight excluding hydrogens is 390 g/mol. The average molecular weight is 409 g/mol. The van der Waals surface area contributed by atoms with Gasteiger partial charge in [-0.05, 0) is 35.9 Å². The van der Waals surface area contributed by atoms with Crippen LogP contribution in [-0.4, -0.2) is 51.0 Å². The predicted octanol–water partition coefficient (Wildman–Crippen LogP) is 1.93.